The standard InChI is InChI=1S/C25H29F2NO3/c26-22-6-2-19(3-7-22)18-24(29)20-10-14-28(15-11-20)13-1-12-25(30-16-17-31-25)21-4-8-23(27)9-5-21/h2-9,20H,1,10-18H2. The molecular formula is C25H29F2NO3. The number of hydrogen-bond acceptors (Lipinski definition) is 4. The maximum absolute atomic E-state index is 13.3. The van der Waals surface area contributed by atoms with Gasteiger partial charge in [-0.05, 0) is 68.7 Å². The van der Waals surface area contributed by atoms with E-state index in [-0.39, 0.29) is 23.3 Å². The summed E-state index contributed by atoms with van der Waals surface area (Å²) in [6.07, 6.45) is 3.69. The number of halogens is 2. The first kappa shape index (κ1) is 22.1. The van der Waals surface area contributed by atoms with Crippen molar-refractivity contribution in [1.82, 2.24) is 4.90 Å². The van der Waals surface area contributed by atoms with Crippen LogP contribution in [-0.4, -0.2) is 43.5 Å². The molecule has 0 N–H and O–H groups in total. The van der Waals surface area contributed by atoms with Gasteiger partial charge in [-0.15, -0.1) is 0 Å². The highest BCUT2D eigenvalue weighted by Crippen LogP contribution is 2.36. The molecule has 166 valence electrons. The minimum Gasteiger partial charge on any atom is -0.343 e. The van der Waals surface area contributed by atoms with Crippen LogP contribution in [0.15, 0.2) is 48.5 Å². The fourth-order valence-electron chi connectivity index (χ4n) is 4.58. The molecule has 2 aliphatic heterocycles. The van der Waals surface area contributed by atoms with Gasteiger partial charge in [-0.25, -0.2) is 8.78 Å². The number of ether oxygens (including phenoxy) is 2. The summed E-state index contributed by atoms with van der Waals surface area (Å²) in [5.74, 6) is -1.01. The van der Waals surface area contributed by atoms with Gasteiger partial charge in [-0.1, -0.05) is 24.3 Å². The molecule has 0 unspecified atom stereocenters. The normalized spacial score (nSPS) is 19.5. The smallest absolute Gasteiger partial charge is 0.195 e. The molecule has 2 fully saturated rings. The van der Waals surface area contributed by atoms with Crippen LogP contribution in [0.4, 0.5) is 8.78 Å². The van der Waals surface area contributed by atoms with Crippen LogP contribution in [-0.2, 0) is 26.5 Å². The maximum Gasteiger partial charge on any atom is 0.195 e. The molecule has 2 heterocycles. The second kappa shape index (κ2) is 9.98. The Balaban J connectivity index is 1.23. The van der Waals surface area contributed by atoms with Crippen molar-refractivity contribution in [2.45, 2.75) is 37.9 Å². The minimum absolute atomic E-state index is 0.0772. The average molecular weight is 430 g/mol. The highest BCUT2D eigenvalue weighted by molar-refractivity contribution is 5.83. The summed E-state index contributed by atoms with van der Waals surface area (Å²) < 4.78 is 38.2. The first-order valence-corrected chi connectivity index (χ1v) is 11.1. The monoisotopic (exact) mass is 429 g/mol. The van der Waals surface area contributed by atoms with E-state index in [9.17, 15) is 13.6 Å². The molecule has 2 aromatic rings. The van der Waals surface area contributed by atoms with Crippen molar-refractivity contribution >= 4 is 5.78 Å². The van der Waals surface area contributed by atoms with E-state index in [1.165, 1.54) is 24.3 Å². The van der Waals surface area contributed by atoms with Crippen molar-refractivity contribution < 1.29 is 23.0 Å². The third-order valence-electron chi connectivity index (χ3n) is 6.35. The van der Waals surface area contributed by atoms with Gasteiger partial charge in [-0.3, -0.25) is 4.79 Å². The van der Waals surface area contributed by atoms with Crippen molar-refractivity contribution in [2.24, 2.45) is 5.92 Å². The van der Waals surface area contributed by atoms with Crippen LogP contribution in [0.25, 0.3) is 0 Å². The van der Waals surface area contributed by atoms with Crippen molar-refractivity contribution in [2.75, 3.05) is 32.8 Å². The summed E-state index contributed by atoms with van der Waals surface area (Å²) >= 11 is 0. The second-order valence-electron chi connectivity index (χ2n) is 8.45. The van der Waals surface area contributed by atoms with Gasteiger partial charge in [0.1, 0.15) is 17.4 Å². The summed E-state index contributed by atoms with van der Waals surface area (Å²) in [5.41, 5.74) is 1.73. The van der Waals surface area contributed by atoms with Gasteiger partial charge in [0.25, 0.3) is 0 Å². The summed E-state index contributed by atoms with van der Waals surface area (Å²) in [5, 5.41) is 0. The second-order valence-corrected chi connectivity index (χ2v) is 8.45. The highest BCUT2D eigenvalue weighted by atomic mass is 19.1. The van der Waals surface area contributed by atoms with E-state index in [0.29, 0.717) is 26.1 Å². The van der Waals surface area contributed by atoms with E-state index in [2.05, 4.69) is 4.90 Å². The number of Topliss-reactive ketones (excluding diaryl/α,β-unsaturated/α-hetero) is 1. The zero-order valence-electron chi connectivity index (χ0n) is 17.7. The number of piperidine rings is 1. The Morgan fingerprint density at radius 3 is 2.13 bits per heavy atom. The lowest BCUT2D eigenvalue weighted by Gasteiger charge is -2.33. The number of nitrogens with zero attached hydrogens (tertiary/aromatic N) is 1. The molecule has 2 saturated heterocycles. The molecule has 2 aliphatic rings. The molecule has 0 spiro atoms. The topological polar surface area (TPSA) is 38.8 Å². The predicted molar refractivity (Wildman–Crippen MR) is 113 cm³/mol. The predicted octanol–water partition coefficient (Wildman–Crippen LogP) is 4.47. The number of rotatable bonds is 8. The molecular weight excluding hydrogens is 400 g/mol. The third-order valence-corrected chi connectivity index (χ3v) is 6.35. The minimum atomic E-state index is -0.781. The Kier molecular flexibility index (Phi) is 7.10. The Hall–Kier alpha value is -2.15. The van der Waals surface area contributed by atoms with Gasteiger partial charge in [0, 0.05) is 24.3 Å². The molecule has 0 aromatic heterocycles. The quantitative estimate of drug-likeness (QED) is 0.621. The summed E-state index contributed by atoms with van der Waals surface area (Å²) in [7, 11) is 0. The molecule has 0 radical (unpaired) electrons. The van der Waals surface area contributed by atoms with Crippen LogP contribution in [0.1, 0.15) is 36.8 Å². The van der Waals surface area contributed by atoms with E-state index in [4.69, 9.17) is 9.47 Å². The lowest BCUT2D eigenvalue weighted by Crippen LogP contribution is -2.38. The van der Waals surface area contributed by atoms with Gasteiger partial charge in [0.2, 0.25) is 0 Å². The molecule has 4 nitrogen and oxygen atoms in total. The Bertz CT molecular complexity index is 855. The molecule has 0 atom stereocenters. The van der Waals surface area contributed by atoms with E-state index >= 15 is 0 Å². The van der Waals surface area contributed by atoms with Crippen LogP contribution in [0.5, 0.6) is 0 Å². The largest absolute Gasteiger partial charge is 0.343 e. The Morgan fingerprint density at radius 2 is 1.52 bits per heavy atom. The molecule has 2 aromatic carbocycles. The van der Waals surface area contributed by atoms with Crippen LogP contribution in [0.3, 0.4) is 0 Å². The number of carbonyl (C=O) groups is 1. The van der Waals surface area contributed by atoms with Crippen LogP contribution < -0.4 is 0 Å². The molecule has 0 saturated carbocycles. The zero-order valence-corrected chi connectivity index (χ0v) is 17.7. The number of carbonyl (C=O) groups excluding carboxylic acids is 1. The Morgan fingerprint density at radius 1 is 0.935 bits per heavy atom. The maximum atomic E-state index is 13.3. The van der Waals surface area contributed by atoms with Gasteiger partial charge in [0.15, 0.2) is 5.79 Å². The molecule has 0 amide bonds. The summed E-state index contributed by atoms with van der Waals surface area (Å²) in [6.45, 7) is 3.78. The fourth-order valence-corrected chi connectivity index (χ4v) is 4.58. The number of hydrogen-bond donors (Lipinski definition) is 0. The highest BCUT2D eigenvalue weighted by Gasteiger charge is 2.38. The molecule has 0 bridgehead atoms. The van der Waals surface area contributed by atoms with Gasteiger partial charge in [-0.2, -0.15) is 0 Å². The van der Waals surface area contributed by atoms with E-state index in [1.807, 2.05) is 0 Å². The molecule has 4 rings (SSSR count). The van der Waals surface area contributed by atoms with E-state index in [0.717, 1.165) is 50.0 Å². The first-order chi connectivity index (χ1) is 15.0. The van der Waals surface area contributed by atoms with Gasteiger partial charge >= 0.3 is 0 Å². The van der Waals surface area contributed by atoms with Gasteiger partial charge in [0.05, 0.1) is 13.2 Å². The van der Waals surface area contributed by atoms with E-state index < -0.39 is 5.79 Å². The number of likely N-dealkylation sites (tertiary alicyclic amines) is 1. The molecule has 0 aliphatic carbocycles. The van der Waals surface area contributed by atoms with Crippen molar-refractivity contribution in [3.05, 3.63) is 71.3 Å². The third kappa shape index (κ3) is 5.56. The zero-order chi connectivity index (χ0) is 21.7. The van der Waals surface area contributed by atoms with Gasteiger partial charge < -0.3 is 14.4 Å². The van der Waals surface area contributed by atoms with Crippen LogP contribution in [0, 0.1) is 17.6 Å². The Labute approximate surface area is 182 Å². The van der Waals surface area contributed by atoms with Crippen molar-refractivity contribution in [1.29, 1.82) is 0 Å². The fraction of sp³-hybridized carbons (Fsp3) is 0.480. The van der Waals surface area contributed by atoms with Crippen LogP contribution >= 0.6 is 0 Å². The SMILES string of the molecule is O=C(Cc1ccc(F)cc1)C1CCN(CCCC2(c3ccc(F)cc3)OCCO2)CC1. The van der Waals surface area contributed by atoms with Crippen LogP contribution in [0.2, 0.25) is 0 Å². The van der Waals surface area contributed by atoms with Crippen molar-refractivity contribution in [3.8, 4) is 0 Å². The van der Waals surface area contributed by atoms with Crippen molar-refractivity contribution in [3.63, 3.8) is 0 Å². The molecule has 31 heavy (non-hydrogen) atoms. The first-order valence-electron chi connectivity index (χ1n) is 11.1. The summed E-state index contributed by atoms with van der Waals surface area (Å²) in [4.78, 5) is 15.0. The van der Waals surface area contributed by atoms with E-state index in [1.54, 1.807) is 24.3 Å². The number of benzene rings is 2. The number of ketones is 1. The molecule has 6 heteroatoms. The summed E-state index contributed by atoms with van der Waals surface area (Å²) in [6, 6.07) is 12.5. The lowest BCUT2D eigenvalue weighted by molar-refractivity contribution is -0.172. The average Bonchev–Trinajstić information content (AvgIpc) is 3.26. The lowest BCUT2D eigenvalue weighted by atomic mass is 9.89.